The van der Waals surface area contributed by atoms with Crippen molar-refractivity contribution in [2.45, 2.75) is 13.3 Å². The van der Waals surface area contributed by atoms with Crippen LogP contribution in [0.3, 0.4) is 0 Å². The van der Waals surface area contributed by atoms with Gasteiger partial charge in [0.05, 0.1) is 11.3 Å². The van der Waals surface area contributed by atoms with Crippen molar-refractivity contribution in [1.29, 1.82) is 0 Å². The number of amides is 1. The number of halogens is 1. The standard InChI is InChI=1S/C20H16FN3O2/c1-11(25)13-6-14(8-15(21)7-13)18-9-12(2-4-22-18)19-10-16-17(24-19)3-5-23-20(16)26/h2,4,6-10,24H,3,5H2,1H3,(H,23,26). The minimum atomic E-state index is -0.480. The van der Waals surface area contributed by atoms with Gasteiger partial charge >= 0.3 is 0 Å². The molecular weight excluding hydrogens is 333 g/mol. The first-order valence-corrected chi connectivity index (χ1v) is 8.29. The SMILES string of the molecule is CC(=O)c1cc(F)cc(-c2cc(-c3cc4c([nH]3)CCNC4=O)ccn2)c1. The number of nitrogens with zero attached hydrogens (tertiary/aromatic N) is 1. The van der Waals surface area contributed by atoms with Crippen molar-refractivity contribution in [2.75, 3.05) is 6.54 Å². The van der Waals surface area contributed by atoms with Crippen LogP contribution in [0.5, 0.6) is 0 Å². The lowest BCUT2D eigenvalue weighted by atomic mass is 10.0. The third kappa shape index (κ3) is 2.90. The van der Waals surface area contributed by atoms with Gasteiger partial charge in [-0.2, -0.15) is 0 Å². The van der Waals surface area contributed by atoms with Crippen LogP contribution in [0.25, 0.3) is 22.5 Å². The van der Waals surface area contributed by atoms with E-state index in [0.29, 0.717) is 28.9 Å². The summed E-state index contributed by atoms with van der Waals surface area (Å²) in [5, 5.41) is 2.82. The number of pyridine rings is 1. The maximum atomic E-state index is 13.9. The molecule has 0 bridgehead atoms. The molecule has 1 amide bonds. The Labute approximate surface area is 149 Å². The Kier molecular flexibility index (Phi) is 3.88. The summed E-state index contributed by atoms with van der Waals surface area (Å²) in [5.74, 6) is -0.767. The number of aromatic amines is 1. The highest BCUT2D eigenvalue weighted by atomic mass is 19.1. The molecule has 26 heavy (non-hydrogen) atoms. The zero-order valence-corrected chi connectivity index (χ0v) is 14.1. The summed E-state index contributed by atoms with van der Waals surface area (Å²) in [5.41, 5.74) is 4.59. The van der Waals surface area contributed by atoms with Crippen LogP contribution < -0.4 is 5.32 Å². The van der Waals surface area contributed by atoms with Crippen molar-refractivity contribution in [3.8, 4) is 22.5 Å². The van der Waals surface area contributed by atoms with E-state index in [1.807, 2.05) is 18.2 Å². The topological polar surface area (TPSA) is 74.8 Å². The Morgan fingerprint density at radius 3 is 2.77 bits per heavy atom. The molecule has 1 aliphatic heterocycles. The second-order valence-corrected chi connectivity index (χ2v) is 6.30. The van der Waals surface area contributed by atoms with Gasteiger partial charge in [0, 0.05) is 47.2 Å². The number of carbonyl (C=O) groups is 2. The molecule has 1 aromatic carbocycles. The second-order valence-electron chi connectivity index (χ2n) is 6.30. The molecule has 4 rings (SSSR count). The van der Waals surface area contributed by atoms with Gasteiger partial charge in [0.25, 0.3) is 5.91 Å². The monoisotopic (exact) mass is 349 g/mol. The molecule has 1 aliphatic rings. The van der Waals surface area contributed by atoms with Crippen LogP contribution in [0.15, 0.2) is 42.6 Å². The first-order chi connectivity index (χ1) is 12.5. The number of Topliss-reactive ketones (excluding diaryl/α,β-unsaturated/α-hetero) is 1. The Bertz CT molecular complexity index is 1040. The second kappa shape index (κ2) is 6.22. The predicted molar refractivity (Wildman–Crippen MR) is 95.5 cm³/mol. The van der Waals surface area contributed by atoms with Gasteiger partial charge in [-0.1, -0.05) is 0 Å². The van der Waals surface area contributed by atoms with Crippen molar-refractivity contribution in [3.05, 3.63) is 65.2 Å². The Morgan fingerprint density at radius 1 is 1.15 bits per heavy atom. The van der Waals surface area contributed by atoms with Crippen LogP contribution in [-0.2, 0) is 6.42 Å². The molecule has 5 nitrogen and oxygen atoms in total. The molecule has 0 fully saturated rings. The third-order valence-electron chi connectivity index (χ3n) is 4.48. The van der Waals surface area contributed by atoms with Gasteiger partial charge in [-0.05, 0) is 43.3 Å². The van der Waals surface area contributed by atoms with E-state index in [1.54, 1.807) is 12.3 Å². The molecule has 0 aliphatic carbocycles. The molecule has 3 aromatic rings. The summed E-state index contributed by atoms with van der Waals surface area (Å²) < 4.78 is 13.9. The molecular formula is C20H16FN3O2. The average molecular weight is 349 g/mol. The maximum absolute atomic E-state index is 13.9. The third-order valence-corrected chi connectivity index (χ3v) is 4.48. The number of benzene rings is 1. The van der Waals surface area contributed by atoms with Crippen molar-refractivity contribution in [3.63, 3.8) is 0 Å². The van der Waals surface area contributed by atoms with E-state index in [9.17, 15) is 14.0 Å². The zero-order valence-electron chi connectivity index (χ0n) is 14.1. The summed E-state index contributed by atoms with van der Waals surface area (Å²) in [4.78, 5) is 31.1. The lowest BCUT2D eigenvalue weighted by Crippen LogP contribution is -2.31. The summed E-state index contributed by atoms with van der Waals surface area (Å²) >= 11 is 0. The number of H-pyrrole nitrogens is 1. The number of nitrogens with one attached hydrogen (secondary N) is 2. The van der Waals surface area contributed by atoms with E-state index >= 15 is 0 Å². The number of rotatable bonds is 3. The van der Waals surface area contributed by atoms with Gasteiger partial charge in [-0.15, -0.1) is 0 Å². The fraction of sp³-hybridized carbons (Fsp3) is 0.150. The van der Waals surface area contributed by atoms with Crippen LogP contribution in [0.1, 0.15) is 33.3 Å². The molecule has 3 heterocycles. The number of carbonyl (C=O) groups excluding carboxylic acids is 2. The molecule has 0 spiro atoms. The highest BCUT2D eigenvalue weighted by Gasteiger charge is 2.20. The van der Waals surface area contributed by atoms with Crippen LogP contribution in [0.2, 0.25) is 0 Å². The van der Waals surface area contributed by atoms with Crippen LogP contribution >= 0.6 is 0 Å². The van der Waals surface area contributed by atoms with Crippen LogP contribution in [0.4, 0.5) is 4.39 Å². The highest BCUT2D eigenvalue weighted by molar-refractivity contribution is 5.98. The number of hydrogen-bond donors (Lipinski definition) is 2. The van der Waals surface area contributed by atoms with Gasteiger partial charge in [0.15, 0.2) is 5.78 Å². The lowest BCUT2D eigenvalue weighted by Gasteiger charge is -2.11. The Balaban J connectivity index is 1.76. The van der Waals surface area contributed by atoms with Gasteiger partial charge < -0.3 is 10.3 Å². The average Bonchev–Trinajstić information content (AvgIpc) is 3.07. The Hall–Kier alpha value is -3.28. The molecule has 0 atom stereocenters. The fourth-order valence-corrected chi connectivity index (χ4v) is 3.15. The van der Waals surface area contributed by atoms with E-state index in [2.05, 4.69) is 15.3 Å². The van der Waals surface area contributed by atoms with Gasteiger partial charge in [-0.3, -0.25) is 14.6 Å². The summed E-state index contributed by atoms with van der Waals surface area (Å²) in [6.45, 7) is 2.02. The van der Waals surface area contributed by atoms with E-state index in [4.69, 9.17) is 0 Å². The molecule has 0 saturated heterocycles. The largest absolute Gasteiger partial charge is 0.358 e. The minimum absolute atomic E-state index is 0.0840. The van der Waals surface area contributed by atoms with E-state index in [0.717, 1.165) is 23.4 Å². The number of ketones is 1. The first-order valence-electron chi connectivity index (χ1n) is 8.29. The van der Waals surface area contributed by atoms with Crippen molar-refractivity contribution in [1.82, 2.24) is 15.3 Å². The molecule has 130 valence electrons. The quantitative estimate of drug-likeness (QED) is 0.712. The number of aromatic nitrogens is 2. The summed E-state index contributed by atoms with van der Waals surface area (Å²) in [6.07, 6.45) is 2.38. The molecule has 2 N–H and O–H groups in total. The van der Waals surface area contributed by atoms with Crippen LogP contribution in [-0.4, -0.2) is 28.2 Å². The van der Waals surface area contributed by atoms with Gasteiger partial charge in [0.1, 0.15) is 5.82 Å². The van der Waals surface area contributed by atoms with Crippen molar-refractivity contribution >= 4 is 11.7 Å². The molecule has 6 heteroatoms. The smallest absolute Gasteiger partial charge is 0.253 e. The van der Waals surface area contributed by atoms with Crippen LogP contribution in [0, 0.1) is 5.82 Å². The molecule has 2 aromatic heterocycles. The lowest BCUT2D eigenvalue weighted by molar-refractivity contribution is 0.0945. The van der Waals surface area contributed by atoms with Gasteiger partial charge in [-0.25, -0.2) is 4.39 Å². The maximum Gasteiger partial charge on any atom is 0.253 e. The highest BCUT2D eigenvalue weighted by Crippen LogP contribution is 2.28. The normalized spacial score (nSPS) is 13.2. The minimum Gasteiger partial charge on any atom is -0.358 e. The van der Waals surface area contributed by atoms with Crippen molar-refractivity contribution < 1.29 is 14.0 Å². The molecule has 0 saturated carbocycles. The fourth-order valence-electron chi connectivity index (χ4n) is 3.15. The molecule has 0 radical (unpaired) electrons. The van der Waals surface area contributed by atoms with Gasteiger partial charge in [0.2, 0.25) is 0 Å². The summed E-state index contributed by atoms with van der Waals surface area (Å²) in [6, 6.07) is 9.65. The van der Waals surface area contributed by atoms with E-state index in [1.165, 1.54) is 19.1 Å². The predicted octanol–water partition coefficient (Wildman–Crippen LogP) is 3.37. The number of hydrogen-bond acceptors (Lipinski definition) is 3. The van der Waals surface area contributed by atoms with E-state index < -0.39 is 5.82 Å². The summed E-state index contributed by atoms with van der Waals surface area (Å²) in [7, 11) is 0. The molecule has 0 unspecified atom stereocenters. The zero-order chi connectivity index (χ0) is 18.3. The Morgan fingerprint density at radius 2 is 2.00 bits per heavy atom. The van der Waals surface area contributed by atoms with E-state index in [-0.39, 0.29) is 11.7 Å². The number of fused-ring (bicyclic) bond motifs is 1. The first kappa shape index (κ1) is 16.2. The van der Waals surface area contributed by atoms with Crippen molar-refractivity contribution in [2.24, 2.45) is 0 Å².